The normalized spacial score (nSPS) is 10.8. The second-order valence-corrected chi connectivity index (χ2v) is 5.24. The Hall–Kier alpha value is -2.73. The van der Waals surface area contributed by atoms with E-state index in [1.807, 2.05) is 30.3 Å². The van der Waals surface area contributed by atoms with Crippen molar-refractivity contribution in [3.8, 4) is 0 Å². The standard InChI is InChI=1S/C17H19N5O/c23-16-14-4-1-2-5-15(14)21-17(22-16)20-9-3-8-19-12-13-6-10-18-11-7-13/h1-2,4-7,10-11,19H,3,8-9,12H2,(H2,20,21,22,23). The molecule has 3 rings (SSSR count). The van der Waals surface area contributed by atoms with Crippen LogP contribution >= 0.6 is 0 Å². The molecule has 0 saturated carbocycles. The number of pyridine rings is 1. The van der Waals surface area contributed by atoms with Gasteiger partial charge in [-0.25, -0.2) is 4.98 Å². The molecule has 2 aromatic heterocycles. The molecule has 0 amide bonds. The van der Waals surface area contributed by atoms with Crippen LogP contribution in [0.3, 0.4) is 0 Å². The average molecular weight is 309 g/mol. The Bertz CT molecular complexity index is 816. The molecule has 0 aliphatic heterocycles. The van der Waals surface area contributed by atoms with E-state index in [1.54, 1.807) is 18.5 Å². The van der Waals surface area contributed by atoms with Crippen LogP contribution in [0.5, 0.6) is 0 Å². The van der Waals surface area contributed by atoms with Gasteiger partial charge in [0.1, 0.15) is 0 Å². The highest BCUT2D eigenvalue weighted by Gasteiger charge is 2.02. The molecule has 0 radical (unpaired) electrons. The predicted octanol–water partition coefficient (Wildman–Crippen LogP) is 1.91. The molecule has 0 fully saturated rings. The summed E-state index contributed by atoms with van der Waals surface area (Å²) >= 11 is 0. The van der Waals surface area contributed by atoms with Gasteiger partial charge in [0.25, 0.3) is 5.56 Å². The molecule has 3 aromatic rings. The van der Waals surface area contributed by atoms with Gasteiger partial charge < -0.3 is 10.6 Å². The number of anilines is 1. The van der Waals surface area contributed by atoms with Gasteiger partial charge in [-0.2, -0.15) is 0 Å². The van der Waals surface area contributed by atoms with E-state index in [0.717, 1.165) is 26.1 Å². The molecular weight excluding hydrogens is 290 g/mol. The summed E-state index contributed by atoms with van der Waals surface area (Å²) in [5, 5.41) is 7.14. The van der Waals surface area contributed by atoms with Gasteiger partial charge in [-0.1, -0.05) is 12.1 Å². The number of benzene rings is 1. The smallest absolute Gasteiger partial charge is 0.260 e. The maximum Gasteiger partial charge on any atom is 0.260 e. The van der Waals surface area contributed by atoms with Crippen molar-refractivity contribution in [2.24, 2.45) is 0 Å². The monoisotopic (exact) mass is 309 g/mol. The highest BCUT2D eigenvalue weighted by atomic mass is 16.1. The number of hydrogen-bond acceptors (Lipinski definition) is 5. The first kappa shape index (κ1) is 15.2. The van der Waals surface area contributed by atoms with Crippen molar-refractivity contribution in [2.45, 2.75) is 13.0 Å². The SMILES string of the molecule is O=c1[nH]c(NCCCNCc2ccncc2)nc2ccccc12. The molecule has 3 N–H and O–H groups in total. The zero-order valence-corrected chi connectivity index (χ0v) is 12.7. The molecule has 0 saturated heterocycles. The van der Waals surface area contributed by atoms with E-state index in [1.165, 1.54) is 5.56 Å². The minimum Gasteiger partial charge on any atom is -0.356 e. The first-order valence-electron chi connectivity index (χ1n) is 7.65. The number of para-hydroxylation sites is 1. The van der Waals surface area contributed by atoms with E-state index in [-0.39, 0.29) is 5.56 Å². The molecule has 118 valence electrons. The van der Waals surface area contributed by atoms with Crippen LogP contribution in [0, 0.1) is 0 Å². The van der Waals surface area contributed by atoms with Crippen LogP contribution in [0.25, 0.3) is 10.9 Å². The Morgan fingerprint density at radius 3 is 2.74 bits per heavy atom. The second-order valence-electron chi connectivity index (χ2n) is 5.24. The van der Waals surface area contributed by atoms with Gasteiger partial charge in [0.15, 0.2) is 0 Å². The number of nitrogens with zero attached hydrogens (tertiary/aromatic N) is 2. The van der Waals surface area contributed by atoms with E-state index in [0.29, 0.717) is 16.9 Å². The van der Waals surface area contributed by atoms with Crippen molar-refractivity contribution in [2.75, 3.05) is 18.4 Å². The van der Waals surface area contributed by atoms with Gasteiger partial charge >= 0.3 is 0 Å². The minimum absolute atomic E-state index is 0.117. The summed E-state index contributed by atoms with van der Waals surface area (Å²) in [7, 11) is 0. The Kier molecular flexibility index (Phi) is 4.95. The summed E-state index contributed by atoms with van der Waals surface area (Å²) in [5.41, 5.74) is 1.80. The summed E-state index contributed by atoms with van der Waals surface area (Å²) in [6.45, 7) is 2.45. The van der Waals surface area contributed by atoms with E-state index < -0.39 is 0 Å². The number of fused-ring (bicyclic) bond motifs is 1. The summed E-state index contributed by atoms with van der Waals surface area (Å²) < 4.78 is 0. The lowest BCUT2D eigenvalue weighted by molar-refractivity contribution is 0.661. The lowest BCUT2D eigenvalue weighted by atomic mass is 10.2. The molecule has 0 aliphatic carbocycles. The number of aromatic nitrogens is 3. The quantitative estimate of drug-likeness (QED) is 0.581. The molecule has 0 aliphatic rings. The fraction of sp³-hybridized carbons (Fsp3) is 0.235. The van der Waals surface area contributed by atoms with E-state index in [2.05, 4.69) is 25.6 Å². The predicted molar refractivity (Wildman–Crippen MR) is 91.4 cm³/mol. The first-order valence-corrected chi connectivity index (χ1v) is 7.65. The second kappa shape index (κ2) is 7.51. The third-order valence-electron chi connectivity index (χ3n) is 3.51. The number of H-pyrrole nitrogens is 1. The van der Waals surface area contributed by atoms with Gasteiger partial charge in [0, 0.05) is 25.5 Å². The summed E-state index contributed by atoms with van der Waals surface area (Å²) in [6.07, 6.45) is 4.52. The summed E-state index contributed by atoms with van der Waals surface area (Å²) in [4.78, 5) is 23.1. The fourth-order valence-electron chi connectivity index (χ4n) is 2.32. The maximum absolute atomic E-state index is 11.9. The third-order valence-corrected chi connectivity index (χ3v) is 3.51. The third kappa shape index (κ3) is 4.14. The van der Waals surface area contributed by atoms with Crippen molar-refractivity contribution in [1.29, 1.82) is 0 Å². The van der Waals surface area contributed by atoms with Crippen LogP contribution in [-0.4, -0.2) is 28.0 Å². The Labute approximate surface area is 134 Å². The van der Waals surface area contributed by atoms with Crippen LogP contribution in [0.15, 0.2) is 53.6 Å². The average Bonchev–Trinajstić information content (AvgIpc) is 2.59. The first-order chi connectivity index (χ1) is 11.3. The molecule has 2 heterocycles. The van der Waals surface area contributed by atoms with E-state index in [9.17, 15) is 4.79 Å². The Morgan fingerprint density at radius 2 is 1.87 bits per heavy atom. The number of rotatable bonds is 7. The number of aromatic amines is 1. The largest absolute Gasteiger partial charge is 0.356 e. The fourth-order valence-corrected chi connectivity index (χ4v) is 2.32. The maximum atomic E-state index is 11.9. The highest BCUT2D eigenvalue weighted by Crippen LogP contribution is 2.07. The van der Waals surface area contributed by atoms with Gasteiger partial charge in [-0.3, -0.25) is 14.8 Å². The zero-order valence-electron chi connectivity index (χ0n) is 12.7. The van der Waals surface area contributed by atoms with Gasteiger partial charge in [0.05, 0.1) is 10.9 Å². The molecule has 0 bridgehead atoms. The summed E-state index contributed by atoms with van der Waals surface area (Å²) in [6, 6.07) is 11.3. The number of hydrogen-bond donors (Lipinski definition) is 3. The topological polar surface area (TPSA) is 82.7 Å². The van der Waals surface area contributed by atoms with Crippen LogP contribution < -0.4 is 16.2 Å². The van der Waals surface area contributed by atoms with Gasteiger partial charge in [-0.15, -0.1) is 0 Å². The molecule has 0 spiro atoms. The van der Waals surface area contributed by atoms with Crippen molar-refractivity contribution in [1.82, 2.24) is 20.3 Å². The van der Waals surface area contributed by atoms with Crippen molar-refractivity contribution in [3.63, 3.8) is 0 Å². The van der Waals surface area contributed by atoms with Crippen LogP contribution in [-0.2, 0) is 6.54 Å². The molecule has 0 atom stereocenters. The molecule has 6 nitrogen and oxygen atoms in total. The zero-order chi connectivity index (χ0) is 15.9. The molecular formula is C17H19N5O. The molecule has 23 heavy (non-hydrogen) atoms. The molecule has 6 heteroatoms. The lowest BCUT2D eigenvalue weighted by Crippen LogP contribution is -2.19. The van der Waals surface area contributed by atoms with Crippen LogP contribution in [0.4, 0.5) is 5.95 Å². The molecule has 0 unspecified atom stereocenters. The Morgan fingerprint density at radius 1 is 1.04 bits per heavy atom. The van der Waals surface area contributed by atoms with Crippen molar-refractivity contribution in [3.05, 3.63) is 64.7 Å². The summed E-state index contributed by atoms with van der Waals surface area (Å²) in [5.74, 6) is 0.517. The van der Waals surface area contributed by atoms with Crippen LogP contribution in [0.1, 0.15) is 12.0 Å². The van der Waals surface area contributed by atoms with Gasteiger partial charge in [-0.05, 0) is 42.8 Å². The van der Waals surface area contributed by atoms with Crippen molar-refractivity contribution >= 4 is 16.9 Å². The highest BCUT2D eigenvalue weighted by molar-refractivity contribution is 5.78. The van der Waals surface area contributed by atoms with Crippen LogP contribution in [0.2, 0.25) is 0 Å². The van der Waals surface area contributed by atoms with E-state index in [4.69, 9.17) is 0 Å². The lowest BCUT2D eigenvalue weighted by Gasteiger charge is -2.07. The molecule has 1 aromatic carbocycles. The van der Waals surface area contributed by atoms with Gasteiger partial charge in [0.2, 0.25) is 5.95 Å². The van der Waals surface area contributed by atoms with Crippen molar-refractivity contribution < 1.29 is 0 Å². The van der Waals surface area contributed by atoms with E-state index >= 15 is 0 Å². The minimum atomic E-state index is -0.117. The number of nitrogens with one attached hydrogen (secondary N) is 3. The Balaban J connectivity index is 1.45.